The van der Waals surface area contributed by atoms with Crippen molar-refractivity contribution in [1.29, 1.82) is 0 Å². The minimum atomic E-state index is 0.692. The van der Waals surface area contributed by atoms with Crippen LogP contribution in [-0.4, -0.2) is 38.7 Å². The van der Waals surface area contributed by atoms with Crippen molar-refractivity contribution in [2.75, 3.05) is 13.7 Å². The molecule has 0 bridgehead atoms. The third-order valence-corrected chi connectivity index (χ3v) is 4.00. The zero-order valence-corrected chi connectivity index (χ0v) is 14.6. The summed E-state index contributed by atoms with van der Waals surface area (Å²) in [6.07, 6.45) is 2.77. The summed E-state index contributed by atoms with van der Waals surface area (Å²) in [6.45, 7) is 4.27. The standard InChI is InChI=1S/C19H23N5O/c1-15-21-19(23-22-15)14-24(13-17-5-3-4-11-20-17)12-10-16-6-8-18(25-2)9-7-16/h3-9,11H,10,12-14H2,1-2H3,(H,21,22,23). The minimum absolute atomic E-state index is 0.692. The number of benzene rings is 1. The largest absolute Gasteiger partial charge is 0.497 e. The number of nitrogens with zero attached hydrogens (tertiary/aromatic N) is 4. The molecule has 130 valence electrons. The first-order valence-electron chi connectivity index (χ1n) is 8.36. The number of hydrogen-bond acceptors (Lipinski definition) is 5. The third kappa shape index (κ3) is 5.12. The summed E-state index contributed by atoms with van der Waals surface area (Å²) in [5.41, 5.74) is 2.32. The van der Waals surface area contributed by atoms with Crippen LogP contribution in [0, 0.1) is 6.92 Å². The number of H-pyrrole nitrogens is 1. The average molecular weight is 337 g/mol. The SMILES string of the molecule is COc1ccc(CCN(Cc2ccccn2)Cc2n[nH]c(C)n2)cc1. The molecule has 0 saturated carbocycles. The van der Waals surface area contributed by atoms with Gasteiger partial charge in [0.25, 0.3) is 0 Å². The van der Waals surface area contributed by atoms with Gasteiger partial charge in [0.1, 0.15) is 11.6 Å². The van der Waals surface area contributed by atoms with E-state index in [1.165, 1.54) is 5.56 Å². The molecule has 0 radical (unpaired) electrons. The molecule has 1 aromatic carbocycles. The molecule has 6 nitrogen and oxygen atoms in total. The second-order valence-electron chi connectivity index (χ2n) is 5.97. The second-order valence-corrected chi connectivity index (χ2v) is 5.97. The number of nitrogens with one attached hydrogen (secondary N) is 1. The van der Waals surface area contributed by atoms with Crippen molar-refractivity contribution in [3.63, 3.8) is 0 Å². The van der Waals surface area contributed by atoms with Gasteiger partial charge in [-0.3, -0.25) is 15.0 Å². The Morgan fingerprint density at radius 1 is 1.08 bits per heavy atom. The summed E-state index contributed by atoms with van der Waals surface area (Å²) in [5.74, 6) is 2.52. The van der Waals surface area contributed by atoms with Crippen LogP contribution < -0.4 is 4.74 Å². The lowest BCUT2D eigenvalue weighted by atomic mass is 10.1. The Labute approximate surface area is 147 Å². The van der Waals surface area contributed by atoms with E-state index in [4.69, 9.17) is 4.74 Å². The molecule has 0 aliphatic heterocycles. The maximum atomic E-state index is 5.22. The van der Waals surface area contributed by atoms with Crippen LogP contribution in [0.25, 0.3) is 0 Å². The van der Waals surface area contributed by atoms with Crippen LogP contribution in [0.2, 0.25) is 0 Å². The Bertz CT molecular complexity index is 770. The first-order valence-corrected chi connectivity index (χ1v) is 8.36. The quantitative estimate of drug-likeness (QED) is 0.684. The Morgan fingerprint density at radius 2 is 1.92 bits per heavy atom. The van der Waals surface area contributed by atoms with Crippen molar-refractivity contribution in [1.82, 2.24) is 25.1 Å². The van der Waals surface area contributed by atoms with Gasteiger partial charge in [-0.15, -0.1) is 0 Å². The molecule has 0 amide bonds. The number of hydrogen-bond donors (Lipinski definition) is 1. The van der Waals surface area contributed by atoms with Crippen LogP contribution in [-0.2, 0) is 19.5 Å². The van der Waals surface area contributed by atoms with Crippen molar-refractivity contribution >= 4 is 0 Å². The van der Waals surface area contributed by atoms with E-state index in [2.05, 4.69) is 37.2 Å². The van der Waals surface area contributed by atoms with Crippen LogP contribution in [0.15, 0.2) is 48.7 Å². The Kier molecular flexibility index (Phi) is 5.74. The molecule has 2 heterocycles. The fraction of sp³-hybridized carbons (Fsp3) is 0.316. The molecule has 0 unspecified atom stereocenters. The topological polar surface area (TPSA) is 66.9 Å². The van der Waals surface area contributed by atoms with Gasteiger partial charge < -0.3 is 4.74 Å². The first kappa shape index (κ1) is 17.1. The Morgan fingerprint density at radius 3 is 2.56 bits per heavy atom. The van der Waals surface area contributed by atoms with Crippen molar-refractivity contribution in [3.05, 3.63) is 71.6 Å². The fourth-order valence-corrected chi connectivity index (χ4v) is 2.67. The normalized spacial score (nSPS) is 11.0. The zero-order valence-electron chi connectivity index (χ0n) is 14.6. The van der Waals surface area contributed by atoms with Crippen molar-refractivity contribution in [2.24, 2.45) is 0 Å². The average Bonchev–Trinajstić information content (AvgIpc) is 3.06. The molecule has 0 atom stereocenters. The summed E-state index contributed by atoms with van der Waals surface area (Å²) in [5, 5.41) is 7.17. The Hall–Kier alpha value is -2.73. The summed E-state index contributed by atoms with van der Waals surface area (Å²) in [4.78, 5) is 11.2. The lowest BCUT2D eigenvalue weighted by Gasteiger charge is -2.20. The molecular weight excluding hydrogens is 314 g/mol. The molecule has 2 aromatic heterocycles. The summed E-state index contributed by atoms with van der Waals surface area (Å²) < 4.78 is 5.22. The van der Waals surface area contributed by atoms with E-state index in [0.29, 0.717) is 6.54 Å². The molecule has 25 heavy (non-hydrogen) atoms. The lowest BCUT2D eigenvalue weighted by Crippen LogP contribution is -2.26. The third-order valence-electron chi connectivity index (χ3n) is 4.00. The molecule has 0 saturated heterocycles. The van der Waals surface area contributed by atoms with E-state index in [-0.39, 0.29) is 0 Å². The molecular formula is C19H23N5O. The fourth-order valence-electron chi connectivity index (χ4n) is 2.67. The predicted octanol–water partition coefficient (Wildman–Crippen LogP) is 2.76. The monoisotopic (exact) mass is 337 g/mol. The van der Waals surface area contributed by atoms with Crippen molar-refractivity contribution in [2.45, 2.75) is 26.4 Å². The molecule has 3 rings (SSSR count). The minimum Gasteiger partial charge on any atom is -0.497 e. The number of methoxy groups -OCH3 is 1. The first-order chi connectivity index (χ1) is 12.2. The Balaban J connectivity index is 1.66. The van der Waals surface area contributed by atoms with Gasteiger partial charge in [0, 0.05) is 19.3 Å². The molecule has 0 aliphatic carbocycles. The van der Waals surface area contributed by atoms with Crippen LogP contribution in [0.4, 0.5) is 0 Å². The van der Waals surface area contributed by atoms with Crippen LogP contribution in [0.1, 0.15) is 22.9 Å². The lowest BCUT2D eigenvalue weighted by molar-refractivity contribution is 0.251. The molecule has 6 heteroatoms. The highest BCUT2D eigenvalue weighted by Crippen LogP contribution is 2.13. The van der Waals surface area contributed by atoms with E-state index in [1.807, 2.05) is 43.5 Å². The number of aromatic nitrogens is 4. The van der Waals surface area contributed by atoms with Crippen LogP contribution >= 0.6 is 0 Å². The summed E-state index contributed by atoms with van der Waals surface area (Å²) in [7, 11) is 1.68. The van der Waals surface area contributed by atoms with E-state index in [9.17, 15) is 0 Å². The van der Waals surface area contributed by atoms with Gasteiger partial charge >= 0.3 is 0 Å². The number of rotatable bonds is 8. The highest BCUT2D eigenvalue weighted by Gasteiger charge is 2.11. The summed E-state index contributed by atoms with van der Waals surface area (Å²) in [6, 6.07) is 14.2. The smallest absolute Gasteiger partial charge is 0.164 e. The number of pyridine rings is 1. The van der Waals surface area contributed by atoms with Gasteiger partial charge in [-0.05, 0) is 43.2 Å². The van der Waals surface area contributed by atoms with Crippen LogP contribution in [0.3, 0.4) is 0 Å². The van der Waals surface area contributed by atoms with Gasteiger partial charge in [-0.25, -0.2) is 4.98 Å². The van der Waals surface area contributed by atoms with E-state index < -0.39 is 0 Å². The highest BCUT2D eigenvalue weighted by atomic mass is 16.5. The van der Waals surface area contributed by atoms with E-state index in [1.54, 1.807) is 7.11 Å². The van der Waals surface area contributed by atoms with Gasteiger partial charge in [-0.1, -0.05) is 18.2 Å². The number of aryl methyl sites for hydroxylation is 1. The van der Waals surface area contributed by atoms with E-state index >= 15 is 0 Å². The molecule has 1 N–H and O–H groups in total. The maximum Gasteiger partial charge on any atom is 0.164 e. The molecule has 0 fully saturated rings. The predicted molar refractivity (Wildman–Crippen MR) is 96.2 cm³/mol. The molecule has 0 spiro atoms. The number of aromatic amines is 1. The van der Waals surface area contributed by atoms with Crippen molar-refractivity contribution in [3.8, 4) is 5.75 Å². The van der Waals surface area contributed by atoms with Crippen LogP contribution in [0.5, 0.6) is 5.75 Å². The van der Waals surface area contributed by atoms with Crippen molar-refractivity contribution < 1.29 is 4.74 Å². The molecule has 0 aliphatic rings. The highest BCUT2D eigenvalue weighted by molar-refractivity contribution is 5.27. The maximum absolute atomic E-state index is 5.22. The number of ether oxygens (including phenoxy) is 1. The van der Waals surface area contributed by atoms with E-state index in [0.717, 1.165) is 42.6 Å². The molecule has 3 aromatic rings. The van der Waals surface area contributed by atoms with Gasteiger partial charge in [0.05, 0.1) is 19.3 Å². The van der Waals surface area contributed by atoms with Gasteiger partial charge in [-0.2, -0.15) is 5.10 Å². The summed E-state index contributed by atoms with van der Waals surface area (Å²) >= 11 is 0. The zero-order chi connectivity index (χ0) is 17.5. The van der Waals surface area contributed by atoms with Gasteiger partial charge in [0.15, 0.2) is 5.82 Å². The second kappa shape index (κ2) is 8.39. The van der Waals surface area contributed by atoms with Gasteiger partial charge in [0.2, 0.25) is 0 Å².